The molecular formula is C16H13NO. The van der Waals surface area contributed by atoms with Crippen LogP contribution in [0, 0.1) is 0 Å². The molecule has 0 amide bonds. The lowest BCUT2D eigenvalue weighted by molar-refractivity contribution is 0.282. The molecule has 0 aliphatic heterocycles. The van der Waals surface area contributed by atoms with Crippen molar-refractivity contribution >= 4 is 10.9 Å². The van der Waals surface area contributed by atoms with Crippen LogP contribution in [0.3, 0.4) is 0 Å². The van der Waals surface area contributed by atoms with Gasteiger partial charge in [0, 0.05) is 10.9 Å². The summed E-state index contributed by atoms with van der Waals surface area (Å²) in [5.41, 5.74) is 3.77. The largest absolute Gasteiger partial charge is 0.392 e. The SMILES string of the molecule is OCc1ccccc1-c1ccc2ccccc2n1. The molecule has 2 aromatic carbocycles. The van der Waals surface area contributed by atoms with Gasteiger partial charge in [0.05, 0.1) is 17.8 Å². The van der Waals surface area contributed by atoms with Crippen LogP contribution in [0.2, 0.25) is 0 Å². The second-order valence-corrected chi connectivity index (χ2v) is 4.20. The number of aliphatic hydroxyl groups is 1. The van der Waals surface area contributed by atoms with Crippen LogP contribution in [0.25, 0.3) is 22.2 Å². The van der Waals surface area contributed by atoms with Crippen molar-refractivity contribution in [3.63, 3.8) is 0 Å². The van der Waals surface area contributed by atoms with E-state index < -0.39 is 0 Å². The van der Waals surface area contributed by atoms with Crippen LogP contribution in [-0.4, -0.2) is 10.1 Å². The highest BCUT2D eigenvalue weighted by Crippen LogP contribution is 2.24. The molecule has 2 nitrogen and oxygen atoms in total. The summed E-state index contributed by atoms with van der Waals surface area (Å²) in [6, 6.07) is 19.9. The Balaban J connectivity index is 2.19. The highest BCUT2D eigenvalue weighted by molar-refractivity contribution is 5.81. The van der Waals surface area contributed by atoms with Crippen molar-refractivity contribution in [2.75, 3.05) is 0 Å². The fourth-order valence-electron chi connectivity index (χ4n) is 2.12. The smallest absolute Gasteiger partial charge is 0.0713 e. The van der Waals surface area contributed by atoms with E-state index in [1.807, 2.05) is 54.6 Å². The first-order valence-corrected chi connectivity index (χ1v) is 5.93. The Morgan fingerprint density at radius 2 is 1.61 bits per heavy atom. The van der Waals surface area contributed by atoms with Crippen LogP contribution in [0.5, 0.6) is 0 Å². The second kappa shape index (κ2) is 4.59. The summed E-state index contributed by atoms with van der Waals surface area (Å²) >= 11 is 0. The number of hydrogen-bond acceptors (Lipinski definition) is 2. The highest BCUT2D eigenvalue weighted by Gasteiger charge is 2.05. The maximum Gasteiger partial charge on any atom is 0.0713 e. The van der Waals surface area contributed by atoms with Gasteiger partial charge in [0.2, 0.25) is 0 Å². The van der Waals surface area contributed by atoms with Gasteiger partial charge >= 0.3 is 0 Å². The van der Waals surface area contributed by atoms with Crippen LogP contribution < -0.4 is 0 Å². The molecule has 3 aromatic rings. The van der Waals surface area contributed by atoms with E-state index in [4.69, 9.17) is 0 Å². The zero-order valence-electron chi connectivity index (χ0n) is 9.88. The van der Waals surface area contributed by atoms with Gasteiger partial charge in [0.25, 0.3) is 0 Å². The van der Waals surface area contributed by atoms with Crippen LogP contribution >= 0.6 is 0 Å². The van der Waals surface area contributed by atoms with Gasteiger partial charge in [-0.05, 0) is 17.7 Å². The van der Waals surface area contributed by atoms with E-state index in [2.05, 4.69) is 11.1 Å². The number of aromatic nitrogens is 1. The summed E-state index contributed by atoms with van der Waals surface area (Å²) in [7, 11) is 0. The topological polar surface area (TPSA) is 33.1 Å². The van der Waals surface area contributed by atoms with Gasteiger partial charge in [-0.2, -0.15) is 0 Å². The minimum atomic E-state index is 0.0324. The molecule has 0 fully saturated rings. The van der Waals surface area contributed by atoms with Gasteiger partial charge in [-0.1, -0.05) is 48.5 Å². The van der Waals surface area contributed by atoms with Crippen molar-refractivity contribution in [1.29, 1.82) is 0 Å². The van der Waals surface area contributed by atoms with Crippen molar-refractivity contribution in [3.8, 4) is 11.3 Å². The van der Waals surface area contributed by atoms with Gasteiger partial charge in [-0.3, -0.25) is 0 Å². The number of nitrogens with zero attached hydrogens (tertiary/aromatic N) is 1. The monoisotopic (exact) mass is 235 g/mol. The lowest BCUT2D eigenvalue weighted by atomic mass is 10.0. The fraction of sp³-hybridized carbons (Fsp3) is 0.0625. The molecule has 18 heavy (non-hydrogen) atoms. The average molecular weight is 235 g/mol. The molecule has 0 unspecified atom stereocenters. The first-order chi connectivity index (χ1) is 8.88. The molecule has 0 saturated heterocycles. The summed E-state index contributed by atoms with van der Waals surface area (Å²) in [5.74, 6) is 0. The van der Waals surface area contributed by atoms with Crippen molar-refractivity contribution in [1.82, 2.24) is 4.98 Å². The minimum absolute atomic E-state index is 0.0324. The molecule has 0 bridgehead atoms. The van der Waals surface area contributed by atoms with Crippen molar-refractivity contribution < 1.29 is 5.11 Å². The third-order valence-electron chi connectivity index (χ3n) is 3.06. The Hall–Kier alpha value is -2.19. The molecule has 0 aliphatic rings. The summed E-state index contributed by atoms with van der Waals surface area (Å²) in [6.45, 7) is 0.0324. The average Bonchev–Trinajstić information content (AvgIpc) is 2.46. The van der Waals surface area contributed by atoms with E-state index in [0.29, 0.717) is 0 Å². The molecule has 0 radical (unpaired) electrons. The highest BCUT2D eigenvalue weighted by atomic mass is 16.3. The lowest BCUT2D eigenvalue weighted by Gasteiger charge is -2.07. The molecule has 1 aromatic heterocycles. The zero-order chi connectivity index (χ0) is 12.4. The predicted octanol–water partition coefficient (Wildman–Crippen LogP) is 3.39. The van der Waals surface area contributed by atoms with Crippen molar-refractivity contribution in [3.05, 3.63) is 66.2 Å². The Morgan fingerprint density at radius 1 is 0.833 bits per heavy atom. The quantitative estimate of drug-likeness (QED) is 0.738. The maximum absolute atomic E-state index is 9.37. The van der Waals surface area contributed by atoms with E-state index in [1.165, 1.54) is 0 Å². The predicted molar refractivity (Wildman–Crippen MR) is 73.1 cm³/mol. The van der Waals surface area contributed by atoms with Gasteiger partial charge < -0.3 is 5.11 Å². The third-order valence-corrected chi connectivity index (χ3v) is 3.06. The summed E-state index contributed by atoms with van der Waals surface area (Å²) < 4.78 is 0. The molecule has 3 rings (SSSR count). The van der Waals surface area contributed by atoms with Crippen molar-refractivity contribution in [2.45, 2.75) is 6.61 Å². The molecule has 0 aliphatic carbocycles. The first kappa shape index (κ1) is 10.9. The van der Waals surface area contributed by atoms with Crippen LogP contribution in [0.1, 0.15) is 5.56 Å². The van der Waals surface area contributed by atoms with Crippen LogP contribution in [0.15, 0.2) is 60.7 Å². The van der Waals surface area contributed by atoms with Crippen LogP contribution in [-0.2, 0) is 6.61 Å². The van der Waals surface area contributed by atoms with Gasteiger partial charge in [-0.25, -0.2) is 4.98 Å². The number of rotatable bonds is 2. The number of hydrogen-bond donors (Lipinski definition) is 1. The summed E-state index contributed by atoms with van der Waals surface area (Å²) in [4.78, 5) is 4.64. The Kier molecular flexibility index (Phi) is 2.79. The normalized spacial score (nSPS) is 10.7. The summed E-state index contributed by atoms with van der Waals surface area (Å²) in [6.07, 6.45) is 0. The third kappa shape index (κ3) is 1.87. The Bertz CT molecular complexity index is 691. The van der Waals surface area contributed by atoms with Gasteiger partial charge in [0.15, 0.2) is 0 Å². The molecular weight excluding hydrogens is 222 g/mol. The first-order valence-electron chi connectivity index (χ1n) is 5.93. The van der Waals surface area contributed by atoms with E-state index in [9.17, 15) is 5.11 Å². The maximum atomic E-state index is 9.37. The molecule has 0 atom stereocenters. The fourth-order valence-corrected chi connectivity index (χ4v) is 2.12. The Morgan fingerprint density at radius 3 is 2.50 bits per heavy atom. The van der Waals surface area contributed by atoms with E-state index in [0.717, 1.165) is 27.7 Å². The molecule has 1 heterocycles. The van der Waals surface area contributed by atoms with E-state index in [-0.39, 0.29) is 6.61 Å². The standard InChI is InChI=1S/C16H13NO/c18-11-13-6-1-3-7-14(13)16-10-9-12-5-2-4-8-15(12)17-16/h1-10,18H,11H2. The number of pyridine rings is 1. The molecule has 1 N–H and O–H groups in total. The number of fused-ring (bicyclic) bond motifs is 1. The van der Waals surface area contributed by atoms with Gasteiger partial charge in [-0.15, -0.1) is 0 Å². The summed E-state index contributed by atoms with van der Waals surface area (Å²) in [5, 5.41) is 10.5. The zero-order valence-corrected chi connectivity index (χ0v) is 9.88. The van der Waals surface area contributed by atoms with Crippen molar-refractivity contribution in [2.24, 2.45) is 0 Å². The Labute approximate surface area is 106 Å². The molecule has 0 spiro atoms. The van der Waals surface area contributed by atoms with E-state index >= 15 is 0 Å². The number of para-hydroxylation sites is 1. The van der Waals surface area contributed by atoms with Crippen LogP contribution in [0.4, 0.5) is 0 Å². The minimum Gasteiger partial charge on any atom is -0.392 e. The molecule has 2 heteroatoms. The van der Waals surface area contributed by atoms with E-state index in [1.54, 1.807) is 0 Å². The molecule has 0 saturated carbocycles. The van der Waals surface area contributed by atoms with Gasteiger partial charge in [0.1, 0.15) is 0 Å². The number of aliphatic hydroxyl groups excluding tert-OH is 1. The number of benzene rings is 2. The second-order valence-electron chi connectivity index (χ2n) is 4.20. The lowest BCUT2D eigenvalue weighted by Crippen LogP contribution is -1.91. The molecule has 88 valence electrons.